The molecule has 0 aromatic heterocycles. The Balaban J connectivity index is 3.13. The Hall–Kier alpha value is -0.250. The number of hydrogen-bond donors (Lipinski definition) is 0. The molecule has 0 aliphatic rings. The lowest BCUT2D eigenvalue weighted by Gasteiger charge is -2.07. The summed E-state index contributed by atoms with van der Waals surface area (Å²) in [5, 5.41) is -0.283. The first-order valence-corrected chi connectivity index (χ1v) is 6.56. The summed E-state index contributed by atoms with van der Waals surface area (Å²) in [6.07, 6.45) is 6.51. The SMILES string of the molecule is CCCCCCCCOC(=O)OC(C)Br. The highest BCUT2D eigenvalue weighted by molar-refractivity contribution is 9.09. The van der Waals surface area contributed by atoms with E-state index in [2.05, 4.69) is 22.9 Å². The molecule has 0 rings (SSSR count). The van der Waals surface area contributed by atoms with E-state index in [-0.39, 0.29) is 5.01 Å². The van der Waals surface area contributed by atoms with Crippen LogP contribution >= 0.6 is 15.9 Å². The predicted octanol–water partition coefficient (Wildman–Crippen LogP) is 4.24. The molecule has 90 valence electrons. The van der Waals surface area contributed by atoms with Crippen LogP contribution in [0.5, 0.6) is 0 Å². The molecule has 0 N–H and O–H groups in total. The number of carbonyl (C=O) groups excluding carboxylic acids is 1. The van der Waals surface area contributed by atoms with Gasteiger partial charge in [0.1, 0.15) is 0 Å². The molecule has 0 saturated heterocycles. The van der Waals surface area contributed by atoms with Gasteiger partial charge in [0.25, 0.3) is 0 Å². The normalized spacial score (nSPS) is 12.2. The van der Waals surface area contributed by atoms with Gasteiger partial charge >= 0.3 is 6.16 Å². The Morgan fingerprint density at radius 1 is 1.20 bits per heavy atom. The molecule has 0 spiro atoms. The van der Waals surface area contributed by atoms with E-state index in [0.717, 1.165) is 12.8 Å². The minimum absolute atomic E-state index is 0.283. The average Bonchev–Trinajstić information content (AvgIpc) is 2.15. The second-order valence-electron chi connectivity index (χ2n) is 3.53. The molecule has 1 unspecified atom stereocenters. The van der Waals surface area contributed by atoms with Crippen LogP contribution in [0.2, 0.25) is 0 Å². The van der Waals surface area contributed by atoms with Gasteiger partial charge in [-0.3, -0.25) is 0 Å². The summed E-state index contributed by atoms with van der Waals surface area (Å²) in [5.74, 6) is 0. The van der Waals surface area contributed by atoms with Crippen LogP contribution in [0.25, 0.3) is 0 Å². The van der Waals surface area contributed by atoms with E-state index in [9.17, 15) is 4.79 Å². The summed E-state index contributed by atoms with van der Waals surface area (Å²) in [7, 11) is 0. The van der Waals surface area contributed by atoms with Gasteiger partial charge in [0.05, 0.1) is 6.61 Å². The molecule has 1 atom stereocenters. The van der Waals surface area contributed by atoms with E-state index in [1.807, 2.05) is 0 Å². The predicted molar refractivity (Wildman–Crippen MR) is 64.2 cm³/mol. The average molecular weight is 281 g/mol. The van der Waals surface area contributed by atoms with Crippen LogP contribution < -0.4 is 0 Å². The third kappa shape index (κ3) is 11.7. The molecular formula is C11H21BrO3. The highest BCUT2D eigenvalue weighted by atomic mass is 79.9. The maximum absolute atomic E-state index is 10.9. The van der Waals surface area contributed by atoms with E-state index >= 15 is 0 Å². The molecule has 0 fully saturated rings. The molecule has 4 heteroatoms. The standard InChI is InChI=1S/C11H21BrO3/c1-3-4-5-6-7-8-9-14-11(13)15-10(2)12/h10H,3-9H2,1-2H3. The summed E-state index contributed by atoms with van der Waals surface area (Å²) in [6, 6.07) is 0. The van der Waals surface area contributed by atoms with Gasteiger partial charge in [0.2, 0.25) is 0 Å². The summed E-state index contributed by atoms with van der Waals surface area (Å²) >= 11 is 3.10. The van der Waals surface area contributed by atoms with E-state index < -0.39 is 6.16 Å². The molecule has 0 bridgehead atoms. The fourth-order valence-electron chi connectivity index (χ4n) is 1.20. The fraction of sp³-hybridized carbons (Fsp3) is 0.909. The zero-order valence-electron chi connectivity index (χ0n) is 9.63. The Labute approximate surface area is 101 Å². The van der Waals surface area contributed by atoms with Crippen molar-refractivity contribution in [2.24, 2.45) is 0 Å². The molecule has 0 aliphatic carbocycles. The Morgan fingerprint density at radius 3 is 2.40 bits per heavy atom. The fourth-order valence-corrected chi connectivity index (χ4v) is 1.36. The third-order valence-electron chi connectivity index (χ3n) is 1.98. The minimum atomic E-state index is -0.590. The number of halogens is 1. The molecule has 0 radical (unpaired) electrons. The Bertz CT molecular complexity index is 160. The highest BCUT2D eigenvalue weighted by Crippen LogP contribution is 2.06. The molecule has 0 aliphatic heterocycles. The number of carbonyl (C=O) groups is 1. The van der Waals surface area contributed by atoms with Crippen LogP contribution in [-0.2, 0) is 9.47 Å². The van der Waals surface area contributed by atoms with Crippen molar-refractivity contribution in [3.8, 4) is 0 Å². The van der Waals surface area contributed by atoms with E-state index in [4.69, 9.17) is 9.47 Å². The zero-order valence-corrected chi connectivity index (χ0v) is 11.2. The summed E-state index contributed by atoms with van der Waals surface area (Å²) in [5.41, 5.74) is 0. The van der Waals surface area contributed by atoms with Crippen molar-refractivity contribution in [1.29, 1.82) is 0 Å². The minimum Gasteiger partial charge on any atom is -0.434 e. The van der Waals surface area contributed by atoms with Crippen LogP contribution in [0, 0.1) is 0 Å². The largest absolute Gasteiger partial charge is 0.509 e. The van der Waals surface area contributed by atoms with Crippen molar-refractivity contribution < 1.29 is 14.3 Å². The van der Waals surface area contributed by atoms with Gasteiger partial charge in [-0.05, 0) is 29.3 Å². The first kappa shape index (κ1) is 14.8. The molecule has 0 aromatic rings. The lowest BCUT2D eigenvalue weighted by atomic mass is 10.1. The topological polar surface area (TPSA) is 35.5 Å². The van der Waals surface area contributed by atoms with Crippen LogP contribution in [0.3, 0.4) is 0 Å². The monoisotopic (exact) mass is 280 g/mol. The van der Waals surface area contributed by atoms with Crippen LogP contribution in [-0.4, -0.2) is 17.8 Å². The molecule has 0 amide bonds. The molecule has 0 heterocycles. The van der Waals surface area contributed by atoms with E-state index in [1.54, 1.807) is 6.92 Å². The van der Waals surface area contributed by atoms with Crippen molar-refractivity contribution in [3.05, 3.63) is 0 Å². The zero-order chi connectivity index (χ0) is 11.5. The van der Waals surface area contributed by atoms with Gasteiger partial charge in [0.15, 0.2) is 5.01 Å². The first-order chi connectivity index (χ1) is 7.16. The van der Waals surface area contributed by atoms with Crippen LogP contribution in [0.15, 0.2) is 0 Å². The van der Waals surface area contributed by atoms with Crippen molar-refractivity contribution in [2.75, 3.05) is 6.61 Å². The van der Waals surface area contributed by atoms with E-state index in [1.165, 1.54) is 25.7 Å². The Morgan fingerprint density at radius 2 is 1.80 bits per heavy atom. The Kier molecular flexibility index (Phi) is 10.1. The van der Waals surface area contributed by atoms with Gasteiger partial charge in [-0.1, -0.05) is 39.0 Å². The number of hydrogen-bond acceptors (Lipinski definition) is 3. The molecule has 0 aromatic carbocycles. The first-order valence-electron chi connectivity index (χ1n) is 5.64. The third-order valence-corrected chi connectivity index (χ3v) is 2.16. The van der Waals surface area contributed by atoms with E-state index in [0.29, 0.717) is 6.61 Å². The van der Waals surface area contributed by atoms with Gasteiger partial charge < -0.3 is 9.47 Å². The maximum Gasteiger partial charge on any atom is 0.509 e. The van der Waals surface area contributed by atoms with Crippen molar-refractivity contribution in [1.82, 2.24) is 0 Å². The maximum atomic E-state index is 10.9. The van der Waals surface area contributed by atoms with Crippen molar-refractivity contribution in [2.45, 2.75) is 57.4 Å². The molecular weight excluding hydrogens is 260 g/mol. The lowest BCUT2D eigenvalue weighted by molar-refractivity contribution is 0.0517. The van der Waals surface area contributed by atoms with Gasteiger partial charge in [-0.2, -0.15) is 0 Å². The number of ether oxygens (including phenoxy) is 2. The second kappa shape index (κ2) is 10.3. The number of alkyl halides is 1. The summed E-state index contributed by atoms with van der Waals surface area (Å²) in [4.78, 5) is 10.9. The smallest absolute Gasteiger partial charge is 0.434 e. The van der Waals surface area contributed by atoms with Gasteiger partial charge in [0, 0.05) is 0 Å². The van der Waals surface area contributed by atoms with Crippen molar-refractivity contribution in [3.63, 3.8) is 0 Å². The highest BCUT2D eigenvalue weighted by Gasteiger charge is 2.06. The molecule has 3 nitrogen and oxygen atoms in total. The van der Waals surface area contributed by atoms with Gasteiger partial charge in [-0.25, -0.2) is 4.79 Å². The molecule has 0 saturated carbocycles. The second-order valence-corrected chi connectivity index (χ2v) is 4.82. The van der Waals surface area contributed by atoms with Crippen LogP contribution in [0.4, 0.5) is 4.79 Å². The van der Waals surface area contributed by atoms with Gasteiger partial charge in [-0.15, -0.1) is 0 Å². The van der Waals surface area contributed by atoms with Crippen LogP contribution in [0.1, 0.15) is 52.4 Å². The quantitative estimate of drug-likeness (QED) is 0.379. The summed E-state index contributed by atoms with van der Waals surface area (Å²) < 4.78 is 9.62. The lowest BCUT2D eigenvalue weighted by Crippen LogP contribution is -2.11. The number of unbranched alkanes of at least 4 members (excludes halogenated alkanes) is 5. The summed E-state index contributed by atoms with van der Waals surface area (Å²) in [6.45, 7) is 4.39. The number of rotatable bonds is 8. The molecule has 15 heavy (non-hydrogen) atoms. The van der Waals surface area contributed by atoms with Crippen molar-refractivity contribution >= 4 is 22.1 Å².